The van der Waals surface area contributed by atoms with Crippen molar-refractivity contribution >= 4 is 11.6 Å². The van der Waals surface area contributed by atoms with E-state index in [1.54, 1.807) is 25.2 Å². The van der Waals surface area contributed by atoms with Gasteiger partial charge in [-0.15, -0.1) is 5.10 Å². The number of hydrogen-bond acceptors (Lipinski definition) is 5. The van der Waals surface area contributed by atoms with Gasteiger partial charge in [0.05, 0.1) is 17.8 Å². The lowest BCUT2D eigenvalue weighted by Gasteiger charge is -2.23. The number of nitrogens with one attached hydrogen (secondary N) is 1. The van der Waals surface area contributed by atoms with E-state index in [9.17, 15) is 4.79 Å². The van der Waals surface area contributed by atoms with Gasteiger partial charge in [-0.25, -0.2) is 14.0 Å². The maximum atomic E-state index is 12.4. The second kappa shape index (κ2) is 8.31. The molecule has 1 fully saturated rings. The minimum absolute atomic E-state index is 0.192. The van der Waals surface area contributed by atoms with Crippen LogP contribution in [0.5, 0.6) is 17.5 Å². The highest BCUT2D eigenvalue weighted by Crippen LogP contribution is 2.33. The van der Waals surface area contributed by atoms with Crippen LogP contribution in [0, 0.1) is 0 Å². The molecule has 1 aromatic heterocycles. The smallest absolute Gasteiger partial charge is 0.353 e. The Morgan fingerprint density at radius 3 is 2.55 bits per heavy atom. The van der Waals surface area contributed by atoms with Crippen molar-refractivity contribution in [1.29, 1.82) is 0 Å². The summed E-state index contributed by atoms with van der Waals surface area (Å²) in [5.74, 6) is 1.73. The van der Waals surface area contributed by atoms with E-state index in [1.807, 2.05) is 12.1 Å². The third kappa shape index (κ3) is 4.02. The summed E-state index contributed by atoms with van der Waals surface area (Å²) in [6.07, 6.45) is 2.30. The van der Waals surface area contributed by atoms with E-state index in [0.717, 1.165) is 25.9 Å². The van der Waals surface area contributed by atoms with Crippen LogP contribution in [0.15, 0.2) is 47.3 Å². The monoisotopic (exact) mass is 414 g/mol. The van der Waals surface area contributed by atoms with Gasteiger partial charge >= 0.3 is 11.7 Å². The van der Waals surface area contributed by atoms with Crippen LogP contribution < -0.4 is 20.5 Å². The van der Waals surface area contributed by atoms with E-state index >= 15 is 0 Å². The molecule has 8 heteroatoms. The summed E-state index contributed by atoms with van der Waals surface area (Å²) >= 11 is 6.33. The Balaban J connectivity index is 1.60. The fraction of sp³-hybridized carbons (Fsp3) is 0.333. The summed E-state index contributed by atoms with van der Waals surface area (Å²) in [6, 6.07) is 13.4. The molecule has 1 aliphatic rings. The third-order valence-corrected chi connectivity index (χ3v) is 5.48. The van der Waals surface area contributed by atoms with Crippen LogP contribution in [0.25, 0.3) is 5.69 Å². The Morgan fingerprint density at radius 1 is 1.14 bits per heavy atom. The van der Waals surface area contributed by atoms with E-state index in [-0.39, 0.29) is 11.7 Å². The molecule has 2 heterocycles. The molecule has 0 atom stereocenters. The SMILES string of the molecule is COc1nn(C)c(=O)n1-c1ccc(Cl)c(Oc2ccc(C3CCNCC3)cc2)c1. The largest absolute Gasteiger partial charge is 0.467 e. The molecule has 29 heavy (non-hydrogen) atoms. The molecule has 0 spiro atoms. The van der Waals surface area contributed by atoms with Gasteiger partial charge in [0.15, 0.2) is 0 Å². The third-order valence-electron chi connectivity index (χ3n) is 5.17. The minimum Gasteiger partial charge on any atom is -0.467 e. The van der Waals surface area contributed by atoms with E-state index in [1.165, 1.54) is 21.9 Å². The zero-order chi connectivity index (χ0) is 20.4. The average molecular weight is 415 g/mol. The number of benzene rings is 2. The molecule has 4 rings (SSSR count). The van der Waals surface area contributed by atoms with Crippen molar-refractivity contribution in [2.24, 2.45) is 7.05 Å². The van der Waals surface area contributed by atoms with E-state index in [4.69, 9.17) is 21.1 Å². The number of methoxy groups -OCH3 is 1. The molecule has 0 bridgehead atoms. The Morgan fingerprint density at radius 2 is 1.86 bits per heavy atom. The zero-order valence-electron chi connectivity index (χ0n) is 16.4. The summed E-state index contributed by atoms with van der Waals surface area (Å²) in [4.78, 5) is 12.4. The average Bonchev–Trinajstić information content (AvgIpc) is 3.05. The predicted octanol–water partition coefficient (Wildman–Crippen LogP) is 3.49. The van der Waals surface area contributed by atoms with Crippen LogP contribution in [-0.2, 0) is 7.05 Å². The number of aryl methyl sites for hydroxylation is 1. The minimum atomic E-state index is -0.318. The molecular formula is C21H23ClN4O3. The van der Waals surface area contributed by atoms with Crippen molar-refractivity contribution in [2.45, 2.75) is 18.8 Å². The van der Waals surface area contributed by atoms with Gasteiger partial charge in [-0.3, -0.25) is 0 Å². The van der Waals surface area contributed by atoms with Gasteiger partial charge in [-0.05, 0) is 61.7 Å². The molecule has 1 aliphatic heterocycles. The number of hydrogen-bond donors (Lipinski definition) is 1. The summed E-state index contributed by atoms with van der Waals surface area (Å²) < 4.78 is 13.8. The molecule has 3 aromatic rings. The summed E-state index contributed by atoms with van der Waals surface area (Å²) in [5, 5.41) is 7.90. The van der Waals surface area contributed by atoms with Crippen LogP contribution in [0.2, 0.25) is 5.02 Å². The van der Waals surface area contributed by atoms with E-state index < -0.39 is 0 Å². The second-order valence-corrected chi connectivity index (χ2v) is 7.45. The maximum absolute atomic E-state index is 12.4. The van der Waals surface area contributed by atoms with Crippen LogP contribution in [-0.4, -0.2) is 34.5 Å². The van der Waals surface area contributed by atoms with Crippen molar-refractivity contribution in [3.05, 3.63) is 63.5 Å². The normalized spacial score (nSPS) is 14.7. The number of piperidine rings is 1. The summed E-state index contributed by atoms with van der Waals surface area (Å²) in [6.45, 7) is 2.12. The maximum Gasteiger partial charge on any atom is 0.353 e. The molecular weight excluding hydrogens is 392 g/mol. The standard InChI is InChI=1S/C21H23ClN4O3/c1-25-21(27)26(20(24-25)28-2)16-5-8-18(22)19(13-16)29-17-6-3-14(4-7-17)15-9-11-23-12-10-15/h3-8,13,15,23H,9-12H2,1-2H3. The summed E-state index contributed by atoms with van der Waals surface area (Å²) in [5.41, 5.74) is 1.57. The molecule has 0 saturated carbocycles. The molecule has 7 nitrogen and oxygen atoms in total. The second-order valence-electron chi connectivity index (χ2n) is 7.04. The van der Waals surface area contributed by atoms with E-state index in [2.05, 4.69) is 22.5 Å². The predicted molar refractivity (Wildman–Crippen MR) is 112 cm³/mol. The summed E-state index contributed by atoms with van der Waals surface area (Å²) in [7, 11) is 3.04. The lowest BCUT2D eigenvalue weighted by atomic mass is 9.90. The fourth-order valence-corrected chi connectivity index (χ4v) is 3.75. The molecule has 0 aliphatic carbocycles. The zero-order valence-corrected chi connectivity index (χ0v) is 17.1. The van der Waals surface area contributed by atoms with Crippen molar-refractivity contribution < 1.29 is 9.47 Å². The van der Waals surface area contributed by atoms with E-state index in [0.29, 0.717) is 28.1 Å². The van der Waals surface area contributed by atoms with Gasteiger partial charge in [-0.2, -0.15) is 0 Å². The van der Waals surface area contributed by atoms with Crippen molar-refractivity contribution in [1.82, 2.24) is 19.7 Å². The van der Waals surface area contributed by atoms with Gasteiger partial charge < -0.3 is 14.8 Å². The van der Waals surface area contributed by atoms with Crippen LogP contribution in [0.4, 0.5) is 0 Å². The number of halogens is 1. The van der Waals surface area contributed by atoms with Gasteiger partial charge in [0.2, 0.25) is 0 Å². The first-order valence-electron chi connectivity index (χ1n) is 9.55. The van der Waals surface area contributed by atoms with Gasteiger partial charge in [-0.1, -0.05) is 23.7 Å². The molecule has 152 valence electrons. The van der Waals surface area contributed by atoms with Gasteiger partial charge in [0.1, 0.15) is 11.5 Å². The molecule has 1 N–H and O–H groups in total. The molecule has 0 radical (unpaired) electrons. The highest BCUT2D eigenvalue weighted by Gasteiger charge is 2.17. The fourth-order valence-electron chi connectivity index (χ4n) is 3.59. The molecule has 2 aromatic carbocycles. The topological polar surface area (TPSA) is 70.3 Å². The Hall–Kier alpha value is -2.77. The Bertz CT molecular complexity index is 1050. The van der Waals surface area contributed by atoms with Crippen molar-refractivity contribution in [3.8, 4) is 23.2 Å². The highest BCUT2D eigenvalue weighted by molar-refractivity contribution is 6.32. The van der Waals surface area contributed by atoms with Crippen molar-refractivity contribution in [2.75, 3.05) is 20.2 Å². The van der Waals surface area contributed by atoms with Gasteiger partial charge in [0, 0.05) is 13.1 Å². The van der Waals surface area contributed by atoms with Gasteiger partial charge in [0.25, 0.3) is 0 Å². The van der Waals surface area contributed by atoms with Crippen LogP contribution in [0.3, 0.4) is 0 Å². The highest BCUT2D eigenvalue weighted by atomic mass is 35.5. The quantitative estimate of drug-likeness (QED) is 0.692. The Kier molecular flexibility index (Phi) is 5.60. The van der Waals surface area contributed by atoms with Crippen LogP contribution in [0.1, 0.15) is 24.3 Å². The first-order chi connectivity index (χ1) is 14.1. The number of rotatable bonds is 5. The number of aromatic nitrogens is 3. The number of nitrogens with zero attached hydrogens (tertiary/aromatic N) is 3. The Labute approximate surface area is 173 Å². The first-order valence-corrected chi connectivity index (χ1v) is 9.93. The molecule has 1 saturated heterocycles. The van der Waals surface area contributed by atoms with Crippen LogP contribution >= 0.6 is 11.6 Å². The number of ether oxygens (including phenoxy) is 2. The lowest BCUT2D eigenvalue weighted by Crippen LogP contribution is -2.26. The first kappa shape index (κ1) is 19.5. The van der Waals surface area contributed by atoms with Crippen molar-refractivity contribution in [3.63, 3.8) is 0 Å². The molecule has 0 unspecified atom stereocenters. The lowest BCUT2D eigenvalue weighted by molar-refractivity contribution is 0.368. The molecule has 0 amide bonds.